The molecule has 0 unspecified atom stereocenters. The van der Waals surface area contributed by atoms with Crippen LogP contribution >= 0.6 is 0 Å². The Morgan fingerprint density at radius 1 is 0.889 bits per heavy atom. The van der Waals surface area contributed by atoms with Crippen LogP contribution in [0.3, 0.4) is 0 Å². The fourth-order valence-corrected chi connectivity index (χ4v) is 2.81. The van der Waals surface area contributed by atoms with E-state index in [1.54, 1.807) is 7.11 Å². The van der Waals surface area contributed by atoms with Gasteiger partial charge in [0.2, 0.25) is 0 Å². The van der Waals surface area contributed by atoms with Crippen LogP contribution in [0.15, 0.2) is 48.5 Å². The molecule has 0 heterocycles. The molecule has 4 aromatic rings. The van der Waals surface area contributed by atoms with Gasteiger partial charge in [0, 0.05) is 10.8 Å². The lowest BCUT2D eigenvalue weighted by molar-refractivity contribution is 0.420. The fourth-order valence-electron chi connectivity index (χ4n) is 2.81. The van der Waals surface area contributed by atoms with Crippen LogP contribution in [0.5, 0.6) is 5.75 Å². The zero-order chi connectivity index (χ0) is 12.1. The minimum atomic E-state index is 0.895. The molecule has 18 heavy (non-hydrogen) atoms. The molecule has 0 saturated heterocycles. The molecule has 1 radical (unpaired) electrons. The Bertz CT molecular complexity index is 861. The van der Waals surface area contributed by atoms with E-state index >= 15 is 0 Å². The van der Waals surface area contributed by atoms with Gasteiger partial charge in [0.25, 0.3) is 0 Å². The fraction of sp³-hybridized carbons (Fsp3) is 0.0588. The molecule has 0 spiro atoms. The molecule has 0 aliphatic rings. The highest BCUT2D eigenvalue weighted by Crippen LogP contribution is 2.38. The van der Waals surface area contributed by atoms with Crippen molar-refractivity contribution in [1.82, 2.24) is 0 Å². The maximum absolute atomic E-state index is 5.50. The summed E-state index contributed by atoms with van der Waals surface area (Å²) in [5.41, 5.74) is 0. The smallest absolute Gasteiger partial charge is 0.127 e. The summed E-state index contributed by atoms with van der Waals surface area (Å²) >= 11 is 0. The molecule has 0 bridgehead atoms. The van der Waals surface area contributed by atoms with Gasteiger partial charge in [-0.1, -0.05) is 42.5 Å². The Balaban J connectivity index is 2.43. The predicted molar refractivity (Wildman–Crippen MR) is 75.5 cm³/mol. The lowest BCUT2D eigenvalue weighted by Gasteiger charge is -2.13. The van der Waals surface area contributed by atoms with Gasteiger partial charge in [-0.2, -0.15) is 0 Å². The molecule has 85 valence electrons. The topological polar surface area (TPSA) is 9.23 Å². The average Bonchev–Trinajstić information content (AvgIpc) is 2.44. The van der Waals surface area contributed by atoms with Crippen LogP contribution < -0.4 is 4.74 Å². The summed E-state index contributed by atoms with van der Waals surface area (Å²) in [7, 11) is 1.71. The van der Waals surface area contributed by atoms with Crippen LogP contribution in [0.1, 0.15) is 0 Å². The molecule has 0 aromatic heterocycles. The number of benzene rings is 4. The van der Waals surface area contributed by atoms with Gasteiger partial charge in [-0.25, -0.2) is 0 Å². The van der Waals surface area contributed by atoms with Gasteiger partial charge < -0.3 is 4.74 Å². The SMILES string of the molecule is COc1cc2cccc3ccc4cc[c]c1c4c32. The molecular formula is C17H11O. The Hall–Kier alpha value is -2.28. The Labute approximate surface area is 105 Å². The second-order valence-corrected chi connectivity index (χ2v) is 4.54. The Morgan fingerprint density at radius 3 is 2.50 bits per heavy atom. The zero-order valence-electron chi connectivity index (χ0n) is 10.0. The van der Waals surface area contributed by atoms with E-state index in [2.05, 4.69) is 48.5 Å². The van der Waals surface area contributed by atoms with Crippen LogP contribution in [0.2, 0.25) is 0 Å². The van der Waals surface area contributed by atoms with Gasteiger partial charge in [-0.05, 0) is 33.7 Å². The van der Waals surface area contributed by atoms with Crippen LogP contribution in [0, 0.1) is 6.07 Å². The molecule has 4 aromatic carbocycles. The number of hydrogen-bond acceptors (Lipinski definition) is 1. The molecule has 0 atom stereocenters. The van der Waals surface area contributed by atoms with E-state index in [9.17, 15) is 0 Å². The molecule has 0 amide bonds. The normalized spacial score (nSPS) is 11.6. The zero-order valence-corrected chi connectivity index (χ0v) is 10.0. The molecule has 0 N–H and O–H groups in total. The Kier molecular flexibility index (Phi) is 1.81. The number of hydrogen-bond donors (Lipinski definition) is 0. The van der Waals surface area contributed by atoms with Crippen molar-refractivity contribution in [2.75, 3.05) is 7.11 Å². The van der Waals surface area contributed by atoms with Crippen molar-refractivity contribution in [3.05, 3.63) is 54.6 Å². The minimum Gasteiger partial charge on any atom is -0.496 e. The van der Waals surface area contributed by atoms with E-state index in [0.717, 1.165) is 11.1 Å². The predicted octanol–water partition coefficient (Wildman–Crippen LogP) is 4.39. The van der Waals surface area contributed by atoms with E-state index in [4.69, 9.17) is 4.74 Å². The van der Waals surface area contributed by atoms with Gasteiger partial charge in [-0.15, -0.1) is 0 Å². The second kappa shape index (κ2) is 3.36. The first-order valence-electron chi connectivity index (χ1n) is 6.01. The van der Waals surface area contributed by atoms with Crippen molar-refractivity contribution >= 4 is 32.3 Å². The molecule has 0 aliphatic heterocycles. The highest BCUT2D eigenvalue weighted by molar-refractivity contribution is 6.24. The molecule has 1 heteroatoms. The largest absolute Gasteiger partial charge is 0.496 e. The van der Waals surface area contributed by atoms with Crippen LogP contribution in [0.25, 0.3) is 32.3 Å². The Morgan fingerprint density at radius 2 is 1.67 bits per heavy atom. The van der Waals surface area contributed by atoms with Gasteiger partial charge in [-0.3, -0.25) is 0 Å². The highest BCUT2D eigenvalue weighted by atomic mass is 16.5. The monoisotopic (exact) mass is 231 g/mol. The quantitative estimate of drug-likeness (QED) is 0.441. The van der Waals surface area contributed by atoms with E-state index in [0.29, 0.717) is 0 Å². The summed E-state index contributed by atoms with van der Waals surface area (Å²) in [5.74, 6) is 0.895. The summed E-state index contributed by atoms with van der Waals surface area (Å²) in [5, 5.41) is 7.37. The van der Waals surface area contributed by atoms with Crippen molar-refractivity contribution in [3.63, 3.8) is 0 Å². The van der Waals surface area contributed by atoms with Gasteiger partial charge in [0.15, 0.2) is 0 Å². The number of methoxy groups -OCH3 is 1. The molecule has 0 aliphatic carbocycles. The van der Waals surface area contributed by atoms with Crippen molar-refractivity contribution in [2.45, 2.75) is 0 Å². The summed E-state index contributed by atoms with van der Waals surface area (Å²) in [6, 6.07) is 20.2. The van der Waals surface area contributed by atoms with Gasteiger partial charge in [0.05, 0.1) is 7.11 Å². The molecule has 1 nitrogen and oxygen atoms in total. The van der Waals surface area contributed by atoms with Crippen LogP contribution in [-0.2, 0) is 0 Å². The summed E-state index contributed by atoms with van der Waals surface area (Å²) in [4.78, 5) is 0. The van der Waals surface area contributed by atoms with Crippen molar-refractivity contribution < 1.29 is 4.74 Å². The van der Waals surface area contributed by atoms with Crippen molar-refractivity contribution in [3.8, 4) is 5.75 Å². The number of ether oxygens (including phenoxy) is 1. The summed E-state index contributed by atoms with van der Waals surface area (Å²) in [6.45, 7) is 0. The highest BCUT2D eigenvalue weighted by Gasteiger charge is 2.11. The lowest BCUT2D eigenvalue weighted by Crippen LogP contribution is -1.89. The lowest BCUT2D eigenvalue weighted by atomic mass is 9.94. The third-order valence-corrected chi connectivity index (χ3v) is 3.60. The third-order valence-electron chi connectivity index (χ3n) is 3.60. The van der Waals surface area contributed by atoms with Gasteiger partial charge in [0.1, 0.15) is 5.75 Å². The van der Waals surface area contributed by atoms with Crippen LogP contribution in [0.4, 0.5) is 0 Å². The van der Waals surface area contributed by atoms with E-state index in [-0.39, 0.29) is 0 Å². The number of rotatable bonds is 1. The maximum atomic E-state index is 5.50. The van der Waals surface area contributed by atoms with Gasteiger partial charge >= 0.3 is 0 Å². The molecule has 4 rings (SSSR count). The van der Waals surface area contributed by atoms with E-state index in [1.807, 2.05) is 6.07 Å². The molecular weight excluding hydrogens is 220 g/mol. The van der Waals surface area contributed by atoms with Crippen molar-refractivity contribution in [1.29, 1.82) is 0 Å². The first-order chi connectivity index (χ1) is 8.88. The first kappa shape index (κ1) is 9.72. The minimum absolute atomic E-state index is 0.895. The first-order valence-corrected chi connectivity index (χ1v) is 6.01. The third kappa shape index (κ3) is 1.11. The average molecular weight is 231 g/mol. The summed E-state index contributed by atoms with van der Waals surface area (Å²) < 4.78 is 5.50. The van der Waals surface area contributed by atoms with Crippen LogP contribution in [-0.4, -0.2) is 7.11 Å². The standard InChI is InChI=1S/C17H11O/c1-18-15-10-13-6-2-4-11-8-9-12-5-3-7-14(15)17(12)16(11)13/h2-6,8-10H,1H3. The maximum Gasteiger partial charge on any atom is 0.127 e. The molecule has 0 fully saturated rings. The summed E-state index contributed by atoms with van der Waals surface area (Å²) in [6.07, 6.45) is 0. The van der Waals surface area contributed by atoms with E-state index < -0.39 is 0 Å². The van der Waals surface area contributed by atoms with E-state index in [1.165, 1.54) is 26.9 Å². The molecule has 0 saturated carbocycles. The van der Waals surface area contributed by atoms with Crippen molar-refractivity contribution in [2.24, 2.45) is 0 Å². The second-order valence-electron chi connectivity index (χ2n) is 4.54.